The van der Waals surface area contributed by atoms with Crippen LogP contribution in [-0.4, -0.2) is 32.1 Å². The van der Waals surface area contributed by atoms with Crippen LogP contribution in [0.5, 0.6) is 17.2 Å². The van der Waals surface area contributed by atoms with Crippen molar-refractivity contribution in [3.8, 4) is 23.3 Å². The van der Waals surface area contributed by atoms with E-state index >= 15 is 0 Å². The van der Waals surface area contributed by atoms with Crippen LogP contribution < -0.4 is 19.5 Å². The van der Waals surface area contributed by atoms with Crippen molar-refractivity contribution < 1.29 is 23.8 Å². The molecule has 29 heavy (non-hydrogen) atoms. The molecule has 0 aromatic heterocycles. The molecule has 7 nitrogen and oxygen atoms in total. The van der Waals surface area contributed by atoms with Crippen molar-refractivity contribution in [3.05, 3.63) is 59.2 Å². The summed E-state index contributed by atoms with van der Waals surface area (Å²) in [7, 11) is 2.97. The molecule has 0 aliphatic carbocycles. The van der Waals surface area contributed by atoms with E-state index in [9.17, 15) is 14.9 Å². The quantitative estimate of drug-likeness (QED) is 0.335. The summed E-state index contributed by atoms with van der Waals surface area (Å²) in [6, 6.07) is 13.1. The van der Waals surface area contributed by atoms with E-state index in [1.54, 1.807) is 49.6 Å². The molecule has 0 fully saturated rings. The van der Waals surface area contributed by atoms with Crippen LogP contribution in [0, 0.1) is 11.3 Å². The molecule has 1 amide bonds. The van der Waals surface area contributed by atoms with E-state index in [-0.39, 0.29) is 17.4 Å². The first kappa shape index (κ1) is 21.5. The highest BCUT2D eigenvalue weighted by Crippen LogP contribution is 2.30. The Bertz CT molecular complexity index is 956. The van der Waals surface area contributed by atoms with Crippen molar-refractivity contribution in [3.63, 3.8) is 0 Å². The summed E-state index contributed by atoms with van der Waals surface area (Å²) in [4.78, 5) is 24.4. The van der Waals surface area contributed by atoms with E-state index in [0.717, 1.165) is 0 Å². The van der Waals surface area contributed by atoms with Gasteiger partial charge in [-0.15, -0.1) is 0 Å². The molecule has 2 aromatic carbocycles. The maximum absolute atomic E-state index is 12.4. The smallest absolute Gasteiger partial charge is 0.343 e. The van der Waals surface area contributed by atoms with Gasteiger partial charge in [0.05, 0.1) is 19.8 Å². The minimum atomic E-state index is -0.553. The molecule has 0 saturated heterocycles. The van der Waals surface area contributed by atoms with Gasteiger partial charge in [0.15, 0.2) is 11.5 Å². The number of amides is 1. The van der Waals surface area contributed by atoms with Crippen LogP contribution in [0.1, 0.15) is 29.8 Å². The van der Waals surface area contributed by atoms with Gasteiger partial charge >= 0.3 is 5.97 Å². The van der Waals surface area contributed by atoms with Crippen molar-refractivity contribution in [1.29, 1.82) is 5.26 Å². The Kier molecular flexibility index (Phi) is 7.38. The molecule has 0 bridgehead atoms. The van der Waals surface area contributed by atoms with Gasteiger partial charge in [-0.3, -0.25) is 4.79 Å². The van der Waals surface area contributed by atoms with Crippen LogP contribution in [0.15, 0.2) is 48.0 Å². The topological polar surface area (TPSA) is 97.7 Å². The minimum Gasteiger partial charge on any atom is -0.497 e. The number of benzene rings is 2. The maximum atomic E-state index is 12.4. The normalized spacial score (nSPS) is 10.8. The molecule has 1 N–H and O–H groups in total. The molecule has 0 aliphatic rings. The second kappa shape index (κ2) is 9.95. The Morgan fingerprint density at radius 3 is 2.28 bits per heavy atom. The second-order valence-corrected chi connectivity index (χ2v) is 6.33. The lowest BCUT2D eigenvalue weighted by Crippen LogP contribution is -2.30. The maximum Gasteiger partial charge on any atom is 0.343 e. The third kappa shape index (κ3) is 5.84. The Labute approximate surface area is 169 Å². The number of methoxy groups -OCH3 is 2. The summed E-state index contributed by atoms with van der Waals surface area (Å²) >= 11 is 0. The van der Waals surface area contributed by atoms with Crippen molar-refractivity contribution in [2.75, 3.05) is 14.2 Å². The van der Waals surface area contributed by atoms with E-state index in [2.05, 4.69) is 5.32 Å². The number of nitrogens with one attached hydrogen (secondary N) is 1. The van der Waals surface area contributed by atoms with Gasteiger partial charge in [-0.05, 0) is 61.9 Å². The van der Waals surface area contributed by atoms with E-state index in [4.69, 9.17) is 14.2 Å². The minimum absolute atomic E-state index is 0.0382. The molecule has 0 radical (unpaired) electrons. The second-order valence-electron chi connectivity index (χ2n) is 6.33. The fourth-order valence-electron chi connectivity index (χ4n) is 2.40. The Balaban J connectivity index is 2.23. The summed E-state index contributed by atoms with van der Waals surface area (Å²) in [5, 5.41) is 11.9. The monoisotopic (exact) mass is 394 g/mol. The molecule has 0 saturated carbocycles. The predicted octanol–water partition coefficient (Wildman–Crippen LogP) is 3.35. The number of ether oxygens (including phenoxy) is 3. The van der Waals surface area contributed by atoms with Crippen LogP contribution in [0.3, 0.4) is 0 Å². The highest BCUT2D eigenvalue weighted by molar-refractivity contribution is 6.01. The number of nitriles is 1. The SMILES string of the molecule is COc1ccc(C(=O)Oc2ccc(/C=C(\C#N)C(=O)NC(C)C)cc2OC)cc1. The zero-order valence-corrected chi connectivity index (χ0v) is 16.7. The average Bonchev–Trinajstić information content (AvgIpc) is 2.72. The highest BCUT2D eigenvalue weighted by atomic mass is 16.6. The number of rotatable bonds is 7. The molecule has 0 spiro atoms. The Morgan fingerprint density at radius 2 is 1.72 bits per heavy atom. The first-order valence-corrected chi connectivity index (χ1v) is 8.84. The van der Waals surface area contributed by atoms with Crippen LogP contribution in [0.2, 0.25) is 0 Å². The Hall–Kier alpha value is -3.79. The summed E-state index contributed by atoms with van der Waals surface area (Å²) in [6.07, 6.45) is 1.44. The van der Waals surface area contributed by atoms with Crippen LogP contribution in [0.4, 0.5) is 0 Å². The largest absolute Gasteiger partial charge is 0.497 e. The standard InChI is InChI=1S/C22H22N2O5/c1-14(2)24-21(25)17(13-23)11-15-5-10-19(20(12-15)28-4)29-22(26)16-6-8-18(27-3)9-7-16/h5-12,14H,1-4H3,(H,24,25)/b17-11+. The molecule has 0 aliphatic heterocycles. The zero-order chi connectivity index (χ0) is 21.4. The highest BCUT2D eigenvalue weighted by Gasteiger charge is 2.14. The molecular formula is C22H22N2O5. The lowest BCUT2D eigenvalue weighted by Gasteiger charge is -2.11. The van der Waals surface area contributed by atoms with Gasteiger partial charge < -0.3 is 19.5 Å². The summed E-state index contributed by atoms with van der Waals surface area (Å²) < 4.78 is 15.8. The fourth-order valence-corrected chi connectivity index (χ4v) is 2.40. The first-order chi connectivity index (χ1) is 13.9. The molecule has 2 aromatic rings. The lowest BCUT2D eigenvalue weighted by molar-refractivity contribution is -0.117. The fraction of sp³-hybridized carbons (Fsp3) is 0.227. The van der Waals surface area contributed by atoms with Crippen molar-refractivity contribution in [1.82, 2.24) is 5.32 Å². The van der Waals surface area contributed by atoms with Crippen LogP contribution in [-0.2, 0) is 4.79 Å². The van der Waals surface area contributed by atoms with E-state index in [1.807, 2.05) is 19.9 Å². The molecule has 0 atom stereocenters. The van der Waals surface area contributed by atoms with Gasteiger partial charge in [0.1, 0.15) is 17.4 Å². The number of nitrogens with zero attached hydrogens (tertiary/aromatic N) is 1. The van der Waals surface area contributed by atoms with Gasteiger partial charge in [0.2, 0.25) is 0 Å². The van der Waals surface area contributed by atoms with Crippen LogP contribution in [0.25, 0.3) is 6.08 Å². The molecule has 0 unspecified atom stereocenters. The van der Waals surface area contributed by atoms with Gasteiger partial charge in [-0.2, -0.15) is 5.26 Å². The van der Waals surface area contributed by atoms with Gasteiger partial charge in [-0.1, -0.05) is 6.07 Å². The first-order valence-electron chi connectivity index (χ1n) is 8.84. The van der Waals surface area contributed by atoms with E-state index < -0.39 is 11.9 Å². The number of esters is 1. The number of carbonyl (C=O) groups is 2. The third-order valence-electron chi connectivity index (χ3n) is 3.81. The van der Waals surface area contributed by atoms with Gasteiger partial charge in [-0.25, -0.2) is 4.79 Å². The van der Waals surface area contributed by atoms with Crippen LogP contribution >= 0.6 is 0 Å². The molecule has 7 heteroatoms. The zero-order valence-electron chi connectivity index (χ0n) is 16.7. The Morgan fingerprint density at radius 1 is 1.03 bits per heavy atom. The summed E-state index contributed by atoms with van der Waals surface area (Å²) in [6.45, 7) is 3.61. The van der Waals surface area contributed by atoms with Gasteiger partial charge in [0.25, 0.3) is 5.91 Å². The summed E-state index contributed by atoms with van der Waals surface area (Å²) in [5.41, 5.74) is 0.874. The van der Waals surface area contributed by atoms with Crippen molar-refractivity contribution in [2.24, 2.45) is 0 Å². The predicted molar refractivity (Wildman–Crippen MR) is 108 cm³/mol. The van der Waals surface area contributed by atoms with Crippen molar-refractivity contribution in [2.45, 2.75) is 19.9 Å². The number of carbonyl (C=O) groups excluding carboxylic acids is 2. The number of hydrogen-bond acceptors (Lipinski definition) is 6. The lowest BCUT2D eigenvalue weighted by atomic mass is 10.1. The van der Waals surface area contributed by atoms with Gasteiger partial charge in [0, 0.05) is 6.04 Å². The number of hydrogen-bond donors (Lipinski definition) is 1. The third-order valence-corrected chi connectivity index (χ3v) is 3.81. The summed E-state index contributed by atoms with van der Waals surface area (Å²) in [5.74, 6) is 0.127. The molecule has 0 heterocycles. The molecule has 150 valence electrons. The van der Waals surface area contributed by atoms with E-state index in [0.29, 0.717) is 22.6 Å². The van der Waals surface area contributed by atoms with Crippen molar-refractivity contribution >= 4 is 18.0 Å². The average molecular weight is 394 g/mol. The van der Waals surface area contributed by atoms with E-state index in [1.165, 1.54) is 13.2 Å². The molecular weight excluding hydrogens is 372 g/mol. The molecule has 2 rings (SSSR count).